The number of carboxylic acid groups (broad SMARTS) is 1. The monoisotopic (exact) mass is 226 g/mol. The summed E-state index contributed by atoms with van der Waals surface area (Å²) in [6.45, 7) is 0. The van der Waals surface area contributed by atoms with Crippen LogP contribution in [0.5, 0.6) is 0 Å². The van der Waals surface area contributed by atoms with Crippen molar-refractivity contribution in [3.63, 3.8) is 0 Å². The van der Waals surface area contributed by atoms with Crippen LogP contribution in [0.3, 0.4) is 0 Å². The minimum Gasteiger partial charge on any atom is -0.481 e. The molecule has 0 unspecified atom stereocenters. The quantitative estimate of drug-likeness (QED) is 0.796. The number of rotatable bonds is 3. The number of carboxylic acids is 1. The Morgan fingerprint density at radius 1 is 1.47 bits per heavy atom. The maximum absolute atomic E-state index is 11.2. The summed E-state index contributed by atoms with van der Waals surface area (Å²) in [7, 11) is 1.31. The SMILES string of the molecule is COC(=O)c1ccc(C2(C(=O)O)CC2)s1. The van der Waals surface area contributed by atoms with Gasteiger partial charge in [-0.15, -0.1) is 11.3 Å². The number of thiophene rings is 1. The lowest BCUT2D eigenvalue weighted by Gasteiger charge is -2.04. The zero-order chi connectivity index (χ0) is 11.1. The molecule has 80 valence electrons. The maximum atomic E-state index is 11.2. The minimum atomic E-state index is -0.805. The highest BCUT2D eigenvalue weighted by Gasteiger charge is 2.52. The summed E-state index contributed by atoms with van der Waals surface area (Å²) in [5, 5.41) is 9.05. The molecule has 0 amide bonds. The van der Waals surface area contributed by atoms with Gasteiger partial charge in [0.1, 0.15) is 10.3 Å². The Kier molecular flexibility index (Phi) is 2.26. The van der Waals surface area contributed by atoms with E-state index in [-0.39, 0.29) is 0 Å². The Morgan fingerprint density at radius 3 is 2.60 bits per heavy atom. The van der Waals surface area contributed by atoms with E-state index in [1.165, 1.54) is 18.4 Å². The van der Waals surface area contributed by atoms with Crippen molar-refractivity contribution in [3.05, 3.63) is 21.9 Å². The molecule has 1 aromatic rings. The van der Waals surface area contributed by atoms with Crippen molar-refractivity contribution in [1.29, 1.82) is 0 Å². The van der Waals surface area contributed by atoms with Crippen molar-refractivity contribution in [2.45, 2.75) is 18.3 Å². The van der Waals surface area contributed by atoms with E-state index in [0.717, 1.165) is 4.88 Å². The fraction of sp³-hybridized carbons (Fsp3) is 0.400. The first-order valence-corrected chi connectivity index (χ1v) is 5.34. The highest BCUT2D eigenvalue weighted by atomic mass is 32.1. The third kappa shape index (κ3) is 1.52. The van der Waals surface area contributed by atoms with Gasteiger partial charge in [-0.3, -0.25) is 4.79 Å². The van der Waals surface area contributed by atoms with E-state index in [0.29, 0.717) is 17.7 Å². The number of hydrogen-bond donors (Lipinski definition) is 1. The average Bonchev–Trinajstić information content (AvgIpc) is 2.90. The van der Waals surface area contributed by atoms with Crippen LogP contribution in [-0.4, -0.2) is 24.2 Å². The standard InChI is InChI=1S/C10H10O4S/c1-14-8(11)6-2-3-7(15-6)10(4-5-10)9(12)13/h2-3H,4-5H2,1H3,(H,12,13). The van der Waals surface area contributed by atoms with Gasteiger partial charge in [-0.1, -0.05) is 0 Å². The van der Waals surface area contributed by atoms with Gasteiger partial charge in [0.2, 0.25) is 0 Å². The zero-order valence-electron chi connectivity index (χ0n) is 8.15. The molecule has 0 atom stereocenters. The van der Waals surface area contributed by atoms with E-state index in [1.807, 2.05) is 0 Å². The van der Waals surface area contributed by atoms with Crippen molar-refractivity contribution in [2.24, 2.45) is 0 Å². The maximum Gasteiger partial charge on any atom is 0.348 e. The summed E-state index contributed by atoms with van der Waals surface area (Å²) >= 11 is 1.21. The Balaban J connectivity index is 2.28. The predicted molar refractivity (Wildman–Crippen MR) is 54.2 cm³/mol. The zero-order valence-corrected chi connectivity index (χ0v) is 8.97. The molecule has 1 aliphatic rings. The Bertz CT molecular complexity index is 417. The van der Waals surface area contributed by atoms with Crippen LogP contribution in [-0.2, 0) is 14.9 Å². The van der Waals surface area contributed by atoms with Gasteiger partial charge in [-0.2, -0.15) is 0 Å². The number of carbonyl (C=O) groups excluding carboxylic acids is 1. The molecular weight excluding hydrogens is 216 g/mol. The molecule has 1 fully saturated rings. The van der Waals surface area contributed by atoms with Crippen LogP contribution >= 0.6 is 11.3 Å². The van der Waals surface area contributed by atoms with Crippen LogP contribution in [0.1, 0.15) is 27.4 Å². The number of ether oxygens (including phenoxy) is 1. The molecular formula is C10H10O4S. The summed E-state index contributed by atoms with van der Waals surface area (Å²) in [4.78, 5) is 23.4. The molecule has 2 rings (SSSR count). The van der Waals surface area contributed by atoms with Gasteiger partial charge >= 0.3 is 11.9 Å². The molecule has 1 N–H and O–H groups in total. The van der Waals surface area contributed by atoms with Gasteiger partial charge in [-0.25, -0.2) is 4.79 Å². The van der Waals surface area contributed by atoms with Gasteiger partial charge in [-0.05, 0) is 25.0 Å². The van der Waals surface area contributed by atoms with Crippen LogP contribution in [0.25, 0.3) is 0 Å². The molecule has 0 aliphatic heterocycles. The molecule has 5 heteroatoms. The van der Waals surface area contributed by atoms with Gasteiger partial charge in [0, 0.05) is 4.88 Å². The molecule has 1 heterocycles. The first-order valence-electron chi connectivity index (χ1n) is 4.52. The second-order valence-corrected chi connectivity index (χ2v) is 4.63. The van der Waals surface area contributed by atoms with Gasteiger partial charge in [0.05, 0.1) is 7.11 Å². The summed E-state index contributed by atoms with van der Waals surface area (Å²) < 4.78 is 4.57. The minimum absolute atomic E-state index is 0.410. The summed E-state index contributed by atoms with van der Waals surface area (Å²) in [6.07, 6.45) is 1.31. The molecule has 15 heavy (non-hydrogen) atoms. The smallest absolute Gasteiger partial charge is 0.348 e. The van der Waals surface area contributed by atoms with E-state index in [9.17, 15) is 9.59 Å². The van der Waals surface area contributed by atoms with Gasteiger partial charge < -0.3 is 9.84 Å². The topological polar surface area (TPSA) is 63.6 Å². The predicted octanol–water partition coefficient (Wildman–Crippen LogP) is 1.65. The van der Waals surface area contributed by atoms with Crippen LogP contribution in [0.2, 0.25) is 0 Å². The molecule has 1 saturated carbocycles. The fourth-order valence-corrected chi connectivity index (χ4v) is 2.66. The van der Waals surface area contributed by atoms with E-state index < -0.39 is 17.4 Å². The molecule has 0 bridgehead atoms. The van der Waals surface area contributed by atoms with Crippen LogP contribution in [0.15, 0.2) is 12.1 Å². The molecule has 0 saturated heterocycles. The van der Waals surface area contributed by atoms with E-state index >= 15 is 0 Å². The first-order chi connectivity index (χ1) is 7.10. The summed E-state index contributed by atoms with van der Waals surface area (Å²) in [6, 6.07) is 3.33. The molecule has 0 aromatic carbocycles. The normalized spacial score (nSPS) is 17.1. The molecule has 1 aliphatic carbocycles. The number of methoxy groups -OCH3 is 1. The van der Waals surface area contributed by atoms with Gasteiger partial charge in [0.15, 0.2) is 0 Å². The molecule has 4 nitrogen and oxygen atoms in total. The Morgan fingerprint density at radius 2 is 2.13 bits per heavy atom. The fourth-order valence-electron chi connectivity index (χ4n) is 1.50. The van der Waals surface area contributed by atoms with Crippen molar-refractivity contribution in [3.8, 4) is 0 Å². The molecule has 1 aromatic heterocycles. The molecule has 0 spiro atoms. The molecule has 0 radical (unpaired) electrons. The largest absolute Gasteiger partial charge is 0.481 e. The van der Waals surface area contributed by atoms with Crippen LogP contribution in [0.4, 0.5) is 0 Å². The number of esters is 1. The van der Waals surface area contributed by atoms with Crippen molar-refractivity contribution < 1.29 is 19.4 Å². The van der Waals surface area contributed by atoms with E-state index in [1.54, 1.807) is 12.1 Å². The van der Waals surface area contributed by atoms with Crippen molar-refractivity contribution in [1.82, 2.24) is 0 Å². The lowest BCUT2D eigenvalue weighted by atomic mass is 10.1. The van der Waals surface area contributed by atoms with Crippen molar-refractivity contribution in [2.75, 3.05) is 7.11 Å². The lowest BCUT2D eigenvalue weighted by Crippen LogP contribution is -2.17. The third-order valence-electron chi connectivity index (χ3n) is 2.62. The van der Waals surface area contributed by atoms with Crippen molar-refractivity contribution >= 4 is 23.3 Å². The third-order valence-corrected chi connectivity index (χ3v) is 3.89. The average molecular weight is 226 g/mol. The number of hydrogen-bond acceptors (Lipinski definition) is 4. The highest BCUT2D eigenvalue weighted by Crippen LogP contribution is 2.50. The summed E-state index contributed by atoms with van der Waals surface area (Å²) in [5.41, 5.74) is -0.725. The first kappa shape index (κ1) is 10.2. The highest BCUT2D eigenvalue weighted by molar-refractivity contribution is 7.14. The van der Waals surface area contributed by atoms with E-state index in [2.05, 4.69) is 4.74 Å². The summed E-state index contributed by atoms with van der Waals surface area (Å²) in [5.74, 6) is -1.21. The Hall–Kier alpha value is -1.36. The van der Waals surface area contributed by atoms with Crippen LogP contribution in [0, 0.1) is 0 Å². The second kappa shape index (κ2) is 3.34. The van der Waals surface area contributed by atoms with Crippen LogP contribution < -0.4 is 0 Å². The lowest BCUT2D eigenvalue weighted by molar-refractivity contribution is -0.139. The number of aliphatic carboxylic acids is 1. The van der Waals surface area contributed by atoms with E-state index in [4.69, 9.17) is 5.11 Å². The van der Waals surface area contributed by atoms with Gasteiger partial charge in [0.25, 0.3) is 0 Å². The Labute approximate surface area is 90.5 Å². The number of carbonyl (C=O) groups is 2. The second-order valence-electron chi connectivity index (χ2n) is 3.54.